The van der Waals surface area contributed by atoms with Crippen LogP contribution in [0.15, 0.2) is 86.0 Å². The number of nitrogens with zero attached hydrogens (tertiary/aromatic N) is 2. The van der Waals surface area contributed by atoms with Gasteiger partial charge in [-0.2, -0.15) is 4.98 Å². The molecule has 4 aromatic rings. The van der Waals surface area contributed by atoms with Gasteiger partial charge in [-0.15, -0.1) is 0 Å². The van der Waals surface area contributed by atoms with Crippen LogP contribution in [0.1, 0.15) is 27.6 Å². The molecule has 8 nitrogen and oxygen atoms in total. The van der Waals surface area contributed by atoms with Gasteiger partial charge in [-0.3, -0.25) is 9.59 Å². The number of nitrogens with one attached hydrogen (secondary N) is 2. The highest BCUT2D eigenvalue weighted by Crippen LogP contribution is 2.20. The average molecular weight is 507 g/mol. The van der Waals surface area contributed by atoms with E-state index in [0.717, 1.165) is 15.6 Å². The molecule has 9 heteroatoms. The van der Waals surface area contributed by atoms with Crippen LogP contribution >= 0.6 is 15.9 Å². The summed E-state index contributed by atoms with van der Waals surface area (Å²) >= 11 is 3.41. The predicted octanol–water partition coefficient (Wildman–Crippen LogP) is 4.49. The maximum Gasteiger partial charge on any atom is 0.268 e. The van der Waals surface area contributed by atoms with E-state index in [4.69, 9.17) is 8.94 Å². The monoisotopic (exact) mass is 506 g/mol. The molecule has 0 unspecified atom stereocenters. The first-order chi connectivity index (χ1) is 16.0. The van der Waals surface area contributed by atoms with Crippen molar-refractivity contribution in [2.24, 2.45) is 0 Å². The van der Waals surface area contributed by atoms with Gasteiger partial charge in [0, 0.05) is 21.7 Å². The Kier molecular flexibility index (Phi) is 6.80. The Labute approximate surface area is 197 Å². The van der Waals surface area contributed by atoms with E-state index in [0.29, 0.717) is 17.1 Å². The van der Waals surface area contributed by atoms with Gasteiger partial charge in [0.25, 0.3) is 11.8 Å². The van der Waals surface area contributed by atoms with Crippen molar-refractivity contribution in [2.75, 3.05) is 0 Å². The van der Waals surface area contributed by atoms with E-state index in [1.165, 1.54) is 12.3 Å². The molecule has 166 valence electrons. The zero-order chi connectivity index (χ0) is 23.2. The Morgan fingerprint density at radius 3 is 2.70 bits per heavy atom. The third-order valence-corrected chi connectivity index (χ3v) is 5.16. The molecule has 0 saturated heterocycles. The molecule has 0 bridgehead atoms. The van der Waals surface area contributed by atoms with Crippen molar-refractivity contribution in [3.05, 3.63) is 99.9 Å². The number of halogens is 1. The van der Waals surface area contributed by atoms with E-state index in [2.05, 4.69) is 36.7 Å². The van der Waals surface area contributed by atoms with Gasteiger partial charge in [0.15, 0.2) is 0 Å². The number of rotatable bonds is 7. The number of benzene rings is 2. The van der Waals surface area contributed by atoms with E-state index in [1.807, 2.05) is 43.3 Å². The standard InChI is InChI=1S/C24H19BrN4O4/c1-15-6-2-3-10-19(15)23(30)27-20(13-18-9-5-11-32-18)24(31)26-14-21-28-22(29-33-21)16-7-4-8-17(25)12-16/h2-13H,14H2,1H3,(H,26,31)(H,27,30)/b20-13-. The Morgan fingerprint density at radius 1 is 1.09 bits per heavy atom. The normalized spacial score (nSPS) is 11.3. The van der Waals surface area contributed by atoms with Crippen LogP contribution in [0.5, 0.6) is 0 Å². The summed E-state index contributed by atoms with van der Waals surface area (Å²) in [5, 5.41) is 9.31. The summed E-state index contributed by atoms with van der Waals surface area (Å²) in [4.78, 5) is 30.0. The lowest BCUT2D eigenvalue weighted by atomic mass is 10.1. The molecule has 0 fully saturated rings. The maximum atomic E-state index is 12.9. The highest BCUT2D eigenvalue weighted by atomic mass is 79.9. The highest BCUT2D eigenvalue weighted by Gasteiger charge is 2.18. The number of carbonyl (C=O) groups is 2. The molecule has 2 amide bonds. The van der Waals surface area contributed by atoms with Gasteiger partial charge in [0.05, 0.1) is 12.8 Å². The Morgan fingerprint density at radius 2 is 1.94 bits per heavy atom. The lowest BCUT2D eigenvalue weighted by Gasteiger charge is -2.11. The van der Waals surface area contributed by atoms with Crippen molar-refractivity contribution in [3.8, 4) is 11.4 Å². The number of aryl methyl sites for hydroxylation is 1. The molecule has 0 aliphatic heterocycles. The first-order valence-corrected chi connectivity index (χ1v) is 10.8. The summed E-state index contributed by atoms with van der Waals surface area (Å²) in [6, 6.07) is 17.9. The second-order valence-corrected chi connectivity index (χ2v) is 7.96. The van der Waals surface area contributed by atoms with E-state index in [9.17, 15) is 9.59 Å². The number of hydrogen-bond donors (Lipinski definition) is 2. The summed E-state index contributed by atoms with van der Waals surface area (Å²) in [5.41, 5.74) is 2.05. The SMILES string of the molecule is Cc1ccccc1C(=O)N/C(=C\c1ccco1)C(=O)NCc1nc(-c2cccc(Br)c2)no1. The molecule has 0 saturated carbocycles. The zero-order valence-electron chi connectivity index (χ0n) is 17.5. The minimum Gasteiger partial charge on any atom is -0.465 e. The molecule has 0 radical (unpaired) electrons. The van der Waals surface area contributed by atoms with Crippen molar-refractivity contribution in [1.29, 1.82) is 0 Å². The maximum absolute atomic E-state index is 12.9. The van der Waals surface area contributed by atoms with Crippen LogP contribution in [0.25, 0.3) is 17.5 Å². The molecular formula is C24H19BrN4O4. The van der Waals surface area contributed by atoms with Crippen molar-refractivity contribution in [3.63, 3.8) is 0 Å². The summed E-state index contributed by atoms with van der Waals surface area (Å²) in [7, 11) is 0. The fraction of sp³-hybridized carbons (Fsp3) is 0.0833. The molecular weight excluding hydrogens is 488 g/mol. The average Bonchev–Trinajstić information content (AvgIpc) is 3.49. The van der Waals surface area contributed by atoms with Crippen LogP contribution in [0.3, 0.4) is 0 Å². The molecule has 33 heavy (non-hydrogen) atoms. The summed E-state index contributed by atoms with van der Waals surface area (Å²) < 4.78 is 11.4. The topological polar surface area (TPSA) is 110 Å². The smallest absolute Gasteiger partial charge is 0.268 e. The van der Waals surface area contributed by atoms with Crippen LogP contribution < -0.4 is 10.6 Å². The quantitative estimate of drug-likeness (QED) is 0.357. The number of amides is 2. The van der Waals surface area contributed by atoms with Gasteiger partial charge >= 0.3 is 0 Å². The van der Waals surface area contributed by atoms with Crippen molar-refractivity contribution in [1.82, 2.24) is 20.8 Å². The van der Waals surface area contributed by atoms with Crippen LogP contribution in [-0.4, -0.2) is 22.0 Å². The van der Waals surface area contributed by atoms with Crippen molar-refractivity contribution < 1.29 is 18.5 Å². The van der Waals surface area contributed by atoms with E-state index < -0.39 is 11.8 Å². The summed E-state index contributed by atoms with van der Waals surface area (Å²) in [6.07, 6.45) is 2.93. The second kappa shape index (κ2) is 10.1. The molecule has 2 aromatic carbocycles. The number of aromatic nitrogens is 2. The van der Waals surface area contributed by atoms with Crippen molar-refractivity contribution in [2.45, 2.75) is 13.5 Å². The first-order valence-electron chi connectivity index (χ1n) is 9.98. The van der Waals surface area contributed by atoms with Gasteiger partial charge < -0.3 is 19.6 Å². The Balaban J connectivity index is 1.48. The fourth-order valence-corrected chi connectivity index (χ4v) is 3.41. The van der Waals surface area contributed by atoms with Gasteiger partial charge in [0.1, 0.15) is 11.5 Å². The first kappa shape index (κ1) is 22.2. The van der Waals surface area contributed by atoms with Crippen molar-refractivity contribution >= 4 is 33.8 Å². The predicted molar refractivity (Wildman–Crippen MR) is 125 cm³/mol. The minimum atomic E-state index is -0.532. The molecule has 0 spiro atoms. The summed E-state index contributed by atoms with van der Waals surface area (Å²) in [6.45, 7) is 1.80. The lowest BCUT2D eigenvalue weighted by molar-refractivity contribution is -0.118. The van der Waals surface area contributed by atoms with Crippen LogP contribution in [0.2, 0.25) is 0 Å². The van der Waals surface area contributed by atoms with Crippen LogP contribution in [-0.2, 0) is 11.3 Å². The molecule has 2 heterocycles. The highest BCUT2D eigenvalue weighted by molar-refractivity contribution is 9.10. The zero-order valence-corrected chi connectivity index (χ0v) is 19.1. The van der Waals surface area contributed by atoms with Crippen LogP contribution in [0.4, 0.5) is 0 Å². The van der Waals surface area contributed by atoms with E-state index in [-0.39, 0.29) is 18.1 Å². The van der Waals surface area contributed by atoms with E-state index in [1.54, 1.807) is 24.3 Å². The molecule has 2 N–H and O–H groups in total. The molecule has 2 aromatic heterocycles. The third kappa shape index (κ3) is 5.64. The fourth-order valence-electron chi connectivity index (χ4n) is 3.01. The number of furan rings is 1. The molecule has 0 aliphatic carbocycles. The summed E-state index contributed by atoms with van der Waals surface area (Å²) in [5.74, 6) is 0.104. The molecule has 0 aliphatic rings. The largest absolute Gasteiger partial charge is 0.465 e. The Bertz CT molecular complexity index is 1310. The number of carbonyl (C=O) groups excluding carboxylic acids is 2. The van der Waals surface area contributed by atoms with Gasteiger partial charge in [-0.1, -0.05) is 51.4 Å². The van der Waals surface area contributed by atoms with Gasteiger partial charge in [0.2, 0.25) is 11.7 Å². The lowest BCUT2D eigenvalue weighted by Crippen LogP contribution is -2.34. The van der Waals surface area contributed by atoms with Crippen LogP contribution in [0, 0.1) is 6.92 Å². The van der Waals surface area contributed by atoms with Gasteiger partial charge in [-0.25, -0.2) is 0 Å². The van der Waals surface area contributed by atoms with Gasteiger partial charge in [-0.05, 0) is 42.8 Å². The van der Waals surface area contributed by atoms with E-state index >= 15 is 0 Å². The second-order valence-electron chi connectivity index (χ2n) is 7.05. The third-order valence-electron chi connectivity index (χ3n) is 4.66. The Hall–Kier alpha value is -3.98. The molecule has 0 atom stereocenters. The molecule has 4 rings (SSSR count). The minimum absolute atomic E-state index is 0.0183. The number of hydrogen-bond acceptors (Lipinski definition) is 6.